The molecule has 0 fully saturated rings. The second-order valence-electron chi connectivity index (χ2n) is 7.00. The smallest absolute Gasteiger partial charge is 0.267 e. The molecule has 4 nitrogen and oxygen atoms in total. The molecule has 4 heteroatoms. The molecule has 0 aliphatic heterocycles. The number of amides is 1. The van der Waals surface area contributed by atoms with Gasteiger partial charge in [0.05, 0.1) is 23.0 Å². The van der Waals surface area contributed by atoms with E-state index >= 15 is 0 Å². The lowest BCUT2D eigenvalue weighted by Crippen LogP contribution is -2.18. The minimum absolute atomic E-state index is 0.262. The summed E-state index contributed by atoms with van der Waals surface area (Å²) in [5.41, 5.74) is 8.97. The van der Waals surface area contributed by atoms with E-state index in [1.54, 1.807) is 6.21 Å². The fourth-order valence-corrected chi connectivity index (χ4v) is 3.28. The van der Waals surface area contributed by atoms with Gasteiger partial charge in [0.15, 0.2) is 0 Å². The van der Waals surface area contributed by atoms with Gasteiger partial charge in [-0.05, 0) is 43.2 Å². The monoisotopic (exact) mass is 379 g/mol. The largest absolute Gasteiger partial charge is 0.272 e. The summed E-state index contributed by atoms with van der Waals surface area (Å²) in [4.78, 5) is 17.7. The van der Waals surface area contributed by atoms with Gasteiger partial charge in [-0.1, -0.05) is 66.2 Å². The van der Waals surface area contributed by atoms with Gasteiger partial charge in [0.25, 0.3) is 5.91 Å². The lowest BCUT2D eigenvalue weighted by molar-refractivity contribution is 0.0956. The number of benzene rings is 3. The number of rotatable bonds is 4. The molecular formula is C25H21N3O. The molecule has 0 saturated heterocycles. The Morgan fingerprint density at radius 3 is 2.52 bits per heavy atom. The summed E-state index contributed by atoms with van der Waals surface area (Å²) in [5.74, 6) is -0.262. The van der Waals surface area contributed by atoms with E-state index in [1.807, 2.05) is 60.7 Å². The highest BCUT2D eigenvalue weighted by molar-refractivity contribution is 6.07. The van der Waals surface area contributed by atoms with Crippen LogP contribution in [0.2, 0.25) is 0 Å². The van der Waals surface area contributed by atoms with Crippen molar-refractivity contribution in [3.63, 3.8) is 0 Å². The maximum absolute atomic E-state index is 12.9. The fraction of sp³-hybridized carbons (Fsp3) is 0.0800. The summed E-state index contributed by atoms with van der Waals surface area (Å²) in [6.07, 6.45) is 1.63. The highest BCUT2D eigenvalue weighted by Crippen LogP contribution is 2.27. The Morgan fingerprint density at radius 1 is 0.931 bits per heavy atom. The third kappa shape index (κ3) is 4.06. The van der Waals surface area contributed by atoms with Crippen LogP contribution in [0.1, 0.15) is 27.0 Å². The van der Waals surface area contributed by atoms with Gasteiger partial charge in [0.2, 0.25) is 0 Å². The molecule has 1 heterocycles. The first-order valence-corrected chi connectivity index (χ1v) is 9.48. The summed E-state index contributed by atoms with van der Waals surface area (Å²) in [5, 5.41) is 4.91. The van der Waals surface area contributed by atoms with E-state index in [4.69, 9.17) is 4.98 Å². The van der Waals surface area contributed by atoms with Gasteiger partial charge in [0.1, 0.15) is 0 Å². The topological polar surface area (TPSA) is 54.4 Å². The summed E-state index contributed by atoms with van der Waals surface area (Å²) >= 11 is 0. The molecule has 0 atom stereocenters. The Kier molecular flexibility index (Phi) is 5.16. The maximum atomic E-state index is 12.9. The first kappa shape index (κ1) is 18.6. The van der Waals surface area contributed by atoms with Crippen LogP contribution in [0.3, 0.4) is 0 Å². The van der Waals surface area contributed by atoms with E-state index in [0.29, 0.717) is 5.56 Å². The van der Waals surface area contributed by atoms with Crippen molar-refractivity contribution in [1.29, 1.82) is 0 Å². The van der Waals surface area contributed by atoms with Gasteiger partial charge in [-0.3, -0.25) is 4.79 Å². The van der Waals surface area contributed by atoms with Crippen LogP contribution in [0.25, 0.3) is 22.2 Å². The van der Waals surface area contributed by atoms with Crippen LogP contribution in [-0.2, 0) is 0 Å². The van der Waals surface area contributed by atoms with Crippen molar-refractivity contribution in [1.82, 2.24) is 10.4 Å². The fourth-order valence-electron chi connectivity index (χ4n) is 3.28. The van der Waals surface area contributed by atoms with E-state index in [9.17, 15) is 4.79 Å². The molecule has 0 unspecified atom stereocenters. The summed E-state index contributed by atoms with van der Waals surface area (Å²) in [6.45, 7) is 4.10. The zero-order valence-corrected chi connectivity index (χ0v) is 16.4. The first-order valence-electron chi connectivity index (χ1n) is 9.48. The molecule has 0 spiro atoms. The molecule has 29 heavy (non-hydrogen) atoms. The molecule has 0 aliphatic rings. The average Bonchev–Trinajstić information content (AvgIpc) is 2.75. The van der Waals surface area contributed by atoms with Crippen molar-refractivity contribution in [2.24, 2.45) is 5.10 Å². The van der Waals surface area contributed by atoms with Gasteiger partial charge >= 0.3 is 0 Å². The molecule has 0 bridgehead atoms. The second-order valence-corrected chi connectivity index (χ2v) is 7.00. The number of carbonyl (C=O) groups is 1. The molecule has 4 aromatic rings. The van der Waals surface area contributed by atoms with Gasteiger partial charge < -0.3 is 0 Å². The van der Waals surface area contributed by atoms with Crippen LogP contribution in [0.15, 0.2) is 84.0 Å². The summed E-state index contributed by atoms with van der Waals surface area (Å²) < 4.78 is 0. The molecular weight excluding hydrogens is 358 g/mol. The molecule has 0 aliphatic carbocycles. The van der Waals surface area contributed by atoms with Crippen LogP contribution in [0.5, 0.6) is 0 Å². The molecule has 1 N–H and O–H groups in total. The maximum Gasteiger partial charge on any atom is 0.272 e. The normalized spacial score (nSPS) is 11.1. The Bertz CT molecular complexity index is 1210. The zero-order chi connectivity index (χ0) is 20.2. The van der Waals surface area contributed by atoms with Crippen LogP contribution >= 0.6 is 0 Å². The van der Waals surface area contributed by atoms with E-state index in [1.165, 1.54) is 0 Å². The SMILES string of the molecule is Cc1ccc(C)c(-c2cc(C(=O)NN=Cc3ccccc3)c3ccccc3n2)c1. The van der Waals surface area contributed by atoms with Crippen molar-refractivity contribution in [3.8, 4) is 11.3 Å². The van der Waals surface area contributed by atoms with Crippen molar-refractivity contribution >= 4 is 23.0 Å². The summed E-state index contributed by atoms with van der Waals surface area (Å²) in [6, 6.07) is 25.4. The average molecular weight is 379 g/mol. The third-order valence-corrected chi connectivity index (χ3v) is 4.81. The highest BCUT2D eigenvalue weighted by Gasteiger charge is 2.14. The Hall–Kier alpha value is -3.79. The number of hydrogen-bond acceptors (Lipinski definition) is 3. The minimum Gasteiger partial charge on any atom is -0.267 e. The molecule has 0 radical (unpaired) electrons. The number of aryl methyl sites for hydroxylation is 2. The van der Waals surface area contributed by atoms with E-state index in [2.05, 4.69) is 42.6 Å². The van der Waals surface area contributed by atoms with Crippen LogP contribution in [-0.4, -0.2) is 17.1 Å². The number of nitrogens with one attached hydrogen (secondary N) is 1. The molecule has 1 aromatic heterocycles. The molecule has 4 rings (SSSR count). The first-order chi connectivity index (χ1) is 14.1. The highest BCUT2D eigenvalue weighted by atomic mass is 16.2. The van der Waals surface area contributed by atoms with E-state index in [-0.39, 0.29) is 5.91 Å². The predicted octanol–water partition coefficient (Wildman–Crippen LogP) is 5.28. The minimum atomic E-state index is -0.262. The van der Waals surface area contributed by atoms with Crippen molar-refractivity contribution in [2.45, 2.75) is 13.8 Å². The van der Waals surface area contributed by atoms with Crippen LogP contribution < -0.4 is 5.43 Å². The predicted molar refractivity (Wildman–Crippen MR) is 118 cm³/mol. The van der Waals surface area contributed by atoms with Gasteiger partial charge in [-0.25, -0.2) is 10.4 Å². The number of pyridine rings is 1. The number of aromatic nitrogens is 1. The van der Waals surface area contributed by atoms with Crippen LogP contribution in [0.4, 0.5) is 0 Å². The van der Waals surface area contributed by atoms with Crippen LogP contribution in [0, 0.1) is 13.8 Å². The lowest BCUT2D eigenvalue weighted by atomic mass is 9.99. The van der Waals surface area contributed by atoms with Crippen molar-refractivity contribution in [2.75, 3.05) is 0 Å². The number of para-hydroxylation sites is 1. The number of fused-ring (bicyclic) bond motifs is 1. The van der Waals surface area contributed by atoms with Gasteiger partial charge in [-0.15, -0.1) is 0 Å². The number of hydrazone groups is 1. The quantitative estimate of drug-likeness (QED) is 0.387. The van der Waals surface area contributed by atoms with Crippen molar-refractivity contribution < 1.29 is 4.79 Å². The van der Waals surface area contributed by atoms with E-state index in [0.717, 1.165) is 38.9 Å². The van der Waals surface area contributed by atoms with Gasteiger partial charge in [0, 0.05) is 10.9 Å². The Balaban J connectivity index is 1.74. The van der Waals surface area contributed by atoms with E-state index < -0.39 is 0 Å². The lowest BCUT2D eigenvalue weighted by Gasteiger charge is -2.11. The number of nitrogens with zero attached hydrogens (tertiary/aromatic N) is 2. The van der Waals surface area contributed by atoms with Gasteiger partial charge in [-0.2, -0.15) is 5.10 Å². The summed E-state index contributed by atoms with van der Waals surface area (Å²) in [7, 11) is 0. The standard InChI is InChI=1S/C25H21N3O/c1-17-12-13-18(2)21(14-17)24-15-22(20-10-6-7-11-23(20)27-24)25(29)28-26-16-19-8-4-3-5-9-19/h3-16H,1-2H3,(H,28,29). The molecule has 142 valence electrons. The molecule has 1 amide bonds. The number of hydrogen-bond donors (Lipinski definition) is 1. The Morgan fingerprint density at radius 2 is 1.69 bits per heavy atom. The third-order valence-electron chi connectivity index (χ3n) is 4.81. The second kappa shape index (κ2) is 8.07. The zero-order valence-electron chi connectivity index (χ0n) is 16.4. The Labute approximate surface area is 169 Å². The molecule has 0 saturated carbocycles. The number of carbonyl (C=O) groups excluding carboxylic acids is 1. The van der Waals surface area contributed by atoms with Crippen molar-refractivity contribution in [3.05, 3.63) is 101 Å². The molecule has 3 aromatic carbocycles.